The Morgan fingerprint density at radius 3 is 2.55 bits per heavy atom. The van der Waals surface area contributed by atoms with Crippen molar-refractivity contribution >= 4 is 74.5 Å². The number of fused-ring (bicyclic) bond motifs is 2. The Morgan fingerprint density at radius 2 is 1.72 bits per heavy atom. The average Bonchev–Trinajstić information content (AvgIpc) is 3.68. The summed E-state index contributed by atoms with van der Waals surface area (Å²) in [4.78, 5) is 57.3. The van der Waals surface area contributed by atoms with Crippen molar-refractivity contribution in [2.75, 3.05) is 23.5 Å². The van der Waals surface area contributed by atoms with Crippen molar-refractivity contribution in [2.45, 2.75) is 30.6 Å². The third kappa shape index (κ3) is 7.48. The standard InChI is InChI=1S/C36H32N4O5S2/c1-45-36(44)32-27-15-6-8-17-30(27)47-35(32)40-31(41)21-46-25-13-9-12-24(19-25)38-34(43)29(39-33(42)22-10-3-2-4-11-22)18-23-20-37-28-16-7-5-14-26(23)28/h2-5,7,9-14,16,18-20,37H,6,8,15,17,21H2,1H3,(H,38,43)(H,39,42)(H,40,41)/b29-18-. The summed E-state index contributed by atoms with van der Waals surface area (Å²) in [5, 5.41) is 10.0. The molecule has 4 N–H and O–H groups in total. The maximum absolute atomic E-state index is 13.6. The molecular formula is C36H32N4O5S2. The number of carbonyl (C=O) groups is 4. The minimum atomic E-state index is -0.503. The second-order valence-electron chi connectivity index (χ2n) is 10.9. The number of H-pyrrole nitrogens is 1. The van der Waals surface area contributed by atoms with Crippen molar-refractivity contribution < 1.29 is 23.9 Å². The molecule has 1 aliphatic carbocycles. The van der Waals surface area contributed by atoms with Gasteiger partial charge in [-0.25, -0.2) is 4.79 Å². The molecule has 11 heteroatoms. The van der Waals surface area contributed by atoms with E-state index in [1.165, 1.54) is 30.2 Å². The highest BCUT2D eigenvalue weighted by molar-refractivity contribution is 8.00. The SMILES string of the molecule is COC(=O)c1c(NC(=O)CSc2cccc(NC(=O)/C(=C/c3c[nH]c4ccccc34)NC(=O)c3ccccc3)c2)sc2c1CCCC2. The average molecular weight is 665 g/mol. The highest BCUT2D eigenvalue weighted by Gasteiger charge is 2.27. The lowest BCUT2D eigenvalue weighted by atomic mass is 9.95. The van der Waals surface area contributed by atoms with Crippen LogP contribution in [0.3, 0.4) is 0 Å². The molecule has 238 valence electrons. The zero-order chi connectivity index (χ0) is 32.8. The maximum Gasteiger partial charge on any atom is 0.341 e. The molecule has 0 unspecified atom stereocenters. The lowest BCUT2D eigenvalue weighted by molar-refractivity contribution is -0.114. The second kappa shape index (κ2) is 14.5. The molecular weight excluding hydrogens is 633 g/mol. The number of aryl methyl sites for hydroxylation is 1. The third-order valence-electron chi connectivity index (χ3n) is 7.73. The van der Waals surface area contributed by atoms with Crippen LogP contribution in [0.25, 0.3) is 17.0 Å². The third-order valence-corrected chi connectivity index (χ3v) is 9.93. The van der Waals surface area contributed by atoms with Crippen LogP contribution in [0.2, 0.25) is 0 Å². The number of hydrogen-bond donors (Lipinski definition) is 4. The lowest BCUT2D eigenvalue weighted by Crippen LogP contribution is -2.30. The number of ether oxygens (including phenoxy) is 1. The first-order valence-electron chi connectivity index (χ1n) is 15.1. The van der Waals surface area contributed by atoms with Crippen LogP contribution in [-0.4, -0.2) is 41.5 Å². The summed E-state index contributed by atoms with van der Waals surface area (Å²) in [6.07, 6.45) is 7.18. The Labute approximate surface area is 279 Å². The van der Waals surface area contributed by atoms with Crippen LogP contribution < -0.4 is 16.0 Å². The van der Waals surface area contributed by atoms with Gasteiger partial charge >= 0.3 is 5.97 Å². The van der Waals surface area contributed by atoms with E-state index in [2.05, 4.69) is 20.9 Å². The molecule has 3 aromatic carbocycles. The molecule has 0 spiro atoms. The molecule has 2 heterocycles. The Bertz CT molecular complexity index is 2000. The second-order valence-corrected chi connectivity index (χ2v) is 13.0. The number of amides is 3. The first kappa shape index (κ1) is 31.8. The van der Waals surface area contributed by atoms with Crippen molar-refractivity contribution in [1.82, 2.24) is 10.3 Å². The van der Waals surface area contributed by atoms with Gasteiger partial charge in [0.15, 0.2) is 0 Å². The van der Waals surface area contributed by atoms with Gasteiger partial charge in [0.25, 0.3) is 11.8 Å². The number of benzene rings is 3. The van der Waals surface area contributed by atoms with Crippen LogP contribution in [0.1, 0.15) is 49.6 Å². The van der Waals surface area contributed by atoms with Gasteiger partial charge in [-0.3, -0.25) is 14.4 Å². The fraction of sp³-hybridized carbons (Fsp3) is 0.167. The van der Waals surface area contributed by atoms with Crippen molar-refractivity contribution in [3.63, 3.8) is 0 Å². The number of rotatable bonds is 10. The largest absolute Gasteiger partial charge is 0.465 e. The number of thiophene rings is 1. The molecule has 0 radical (unpaired) electrons. The first-order valence-corrected chi connectivity index (χ1v) is 16.9. The number of thioether (sulfide) groups is 1. The summed E-state index contributed by atoms with van der Waals surface area (Å²) >= 11 is 2.75. The van der Waals surface area contributed by atoms with E-state index in [9.17, 15) is 19.2 Å². The minimum absolute atomic E-state index is 0.0705. The molecule has 0 atom stereocenters. The summed E-state index contributed by atoms with van der Waals surface area (Å²) in [6, 6.07) is 23.5. The van der Waals surface area contributed by atoms with Crippen molar-refractivity contribution in [1.29, 1.82) is 0 Å². The van der Waals surface area contributed by atoms with E-state index < -0.39 is 17.8 Å². The van der Waals surface area contributed by atoms with Gasteiger partial charge in [-0.15, -0.1) is 23.1 Å². The van der Waals surface area contributed by atoms with Crippen molar-refractivity contribution in [3.05, 3.63) is 118 Å². The molecule has 6 rings (SSSR count). The number of anilines is 2. The number of nitrogens with one attached hydrogen (secondary N) is 4. The summed E-state index contributed by atoms with van der Waals surface area (Å²) in [7, 11) is 1.35. The number of hydrogen-bond acceptors (Lipinski definition) is 7. The van der Waals surface area contributed by atoms with E-state index >= 15 is 0 Å². The molecule has 3 amide bonds. The van der Waals surface area contributed by atoms with Gasteiger partial charge in [0, 0.05) is 43.7 Å². The van der Waals surface area contributed by atoms with E-state index in [1.807, 2.05) is 36.4 Å². The molecule has 0 fully saturated rings. The topological polar surface area (TPSA) is 129 Å². The van der Waals surface area contributed by atoms with Crippen LogP contribution in [0.15, 0.2) is 95.7 Å². The molecule has 5 aromatic rings. The summed E-state index contributed by atoms with van der Waals surface area (Å²) in [5.74, 6) is -1.51. The Morgan fingerprint density at radius 1 is 0.936 bits per heavy atom. The van der Waals surface area contributed by atoms with E-state index in [1.54, 1.807) is 54.7 Å². The summed E-state index contributed by atoms with van der Waals surface area (Å²) < 4.78 is 5.01. The van der Waals surface area contributed by atoms with Gasteiger partial charge in [0.2, 0.25) is 5.91 Å². The van der Waals surface area contributed by atoms with E-state index in [0.717, 1.165) is 57.5 Å². The number of aromatic amines is 1. The van der Waals surface area contributed by atoms with E-state index in [4.69, 9.17) is 4.74 Å². The zero-order valence-corrected chi connectivity index (χ0v) is 27.2. The smallest absolute Gasteiger partial charge is 0.341 e. The van der Waals surface area contributed by atoms with Gasteiger partial charge in [-0.2, -0.15) is 0 Å². The molecule has 9 nitrogen and oxygen atoms in total. The Balaban J connectivity index is 1.15. The van der Waals surface area contributed by atoms with Crippen molar-refractivity contribution in [2.24, 2.45) is 0 Å². The van der Waals surface area contributed by atoms with Crippen molar-refractivity contribution in [3.8, 4) is 0 Å². The zero-order valence-electron chi connectivity index (χ0n) is 25.6. The van der Waals surface area contributed by atoms with Crippen LogP contribution in [0.5, 0.6) is 0 Å². The molecule has 2 aromatic heterocycles. The Kier molecular flexibility index (Phi) is 9.84. The molecule has 47 heavy (non-hydrogen) atoms. The normalized spacial score (nSPS) is 12.7. The van der Waals surface area contributed by atoms with E-state index in [0.29, 0.717) is 21.8 Å². The van der Waals surface area contributed by atoms with Gasteiger partial charge < -0.3 is 25.7 Å². The maximum atomic E-state index is 13.6. The summed E-state index contributed by atoms with van der Waals surface area (Å²) in [6.45, 7) is 0. The van der Waals surface area contributed by atoms with Crippen LogP contribution >= 0.6 is 23.1 Å². The Hall–Kier alpha value is -5.13. The molecule has 1 aliphatic rings. The molecule has 0 bridgehead atoms. The minimum Gasteiger partial charge on any atom is -0.465 e. The van der Waals surface area contributed by atoms with Gasteiger partial charge in [0.1, 0.15) is 10.7 Å². The van der Waals surface area contributed by atoms with Crippen LogP contribution in [0.4, 0.5) is 10.7 Å². The fourth-order valence-corrected chi connectivity index (χ4v) is 7.51. The molecule has 0 saturated heterocycles. The fourth-order valence-electron chi connectivity index (χ4n) is 5.46. The number of carbonyl (C=O) groups excluding carboxylic acids is 4. The number of para-hydroxylation sites is 1. The van der Waals surface area contributed by atoms with Gasteiger partial charge in [0.05, 0.1) is 18.4 Å². The highest BCUT2D eigenvalue weighted by atomic mass is 32.2. The number of methoxy groups -OCH3 is 1. The number of esters is 1. The van der Waals surface area contributed by atoms with Crippen LogP contribution in [-0.2, 0) is 27.2 Å². The first-order chi connectivity index (χ1) is 22.9. The molecule has 0 aliphatic heterocycles. The van der Waals surface area contributed by atoms with Gasteiger partial charge in [-0.1, -0.05) is 42.5 Å². The highest BCUT2D eigenvalue weighted by Crippen LogP contribution is 2.38. The quantitative estimate of drug-likeness (QED) is 0.0721. The lowest BCUT2D eigenvalue weighted by Gasteiger charge is -2.12. The van der Waals surface area contributed by atoms with Crippen LogP contribution in [0, 0.1) is 0 Å². The number of aromatic nitrogens is 1. The van der Waals surface area contributed by atoms with E-state index in [-0.39, 0.29) is 17.4 Å². The monoisotopic (exact) mass is 664 g/mol. The predicted octanol–water partition coefficient (Wildman–Crippen LogP) is 7.04. The molecule has 0 saturated carbocycles. The summed E-state index contributed by atoms with van der Waals surface area (Å²) in [5.41, 5.74) is 4.09. The van der Waals surface area contributed by atoms with Gasteiger partial charge in [-0.05, 0) is 73.7 Å². The predicted molar refractivity (Wildman–Crippen MR) is 187 cm³/mol.